The third-order valence-electron chi connectivity index (χ3n) is 2.37. The predicted octanol–water partition coefficient (Wildman–Crippen LogP) is 3.74. The van der Waals surface area contributed by atoms with Crippen molar-refractivity contribution in [1.29, 1.82) is 0 Å². The van der Waals surface area contributed by atoms with Crippen molar-refractivity contribution in [1.82, 2.24) is 15.2 Å². The van der Waals surface area contributed by atoms with Crippen LogP contribution in [0.5, 0.6) is 0 Å². The molecule has 0 aliphatic heterocycles. The molecule has 20 heavy (non-hydrogen) atoms. The zero-order valence-electron chi connectivity index (χ0n) is 10.8. The van der Waals surface area contributed by atoms with Crippen molar-refractivity contribution < 1.29 is 0 Å². The van der Waals surface area contributed by atoms with Crippen LogP contribution < -0.4 is 5.43 Å². The van der Waals surface area contributed by atoms with Crippen molar-refractivity contribution in [3.63, 3.8) is 0 Å². The first kappa shape index (κ1) is 15.0. The molecule has 0 aliphatic carbocycles. The fraction of sp³-hybridized carbons (Fsp3) is 0.167. The third-order valence-corrected chi connectivity index (χ3v) is 3.45. The molecule has 104 valence electrons. The summed E-state index contributed by atoms with van der Waals surface area (Å²) in [5.74, 6) is 0. The maximum absolute atomic E-state index is 6.05. The number of aromatic nitrogens is 3. The molecule has 1 aromatic heterocycles. The van der Waals surface area contributed by atoms with Crippen molar-refractivity contribution in [2.24, 2.45) is 5.10 Å². The minimum absolute atomic E-state index is 0.500. The molecule has 1 N–H and O–H groups in total. The van der Waals surface area contributed by atoms with Crippen LogP contribution in [0.3, 0.4) is 0 Å². The average molecular weight is 328 g/mol. The average Bonchev–Trinajstić information content (AvgIpc) is 2.46. The van der Waals surface area contributed by atoms with E-state index in [1.807, 2.05) is 13.2 Å². The van der Waals surface area contributed by atoms with Crippen LogP contribution in [-0.2, 0) is 0 Å². The molecule has 0 fully saturated rings. The van der Waals surface area contributed by atoms with E-state index >= 15 is 0 Å². The van der Waals surface area contributed by atoms with Gasteiger partial charge in [0.1, 0.15) is 5.69 Å². The van der Waals surface area contributed by atoms with Gasteiger partial charge in [-0.15, -0.1) is 5.10 Å². The Labute approximate surface area is 130 Å². The van der Waals surface area contributed by atoms with Crippen LogP contribution in [0.4, 0.5) is 5.69 Å². The summed E-state index contributed by atoms with van der Waals surface area (Å²) in [5, 5.41) is 13.7. The lowest BCUT2D eigenvalue weighted by Gasteiger charge is -2.05. The summed E-state index contributed by atoms with van der Waals surface area (Å²) in [6, 6.07) is 5.14. The van der Waals surface area contributed by atoms with Gasteiger partial charge >= 0.3 is 0 Å². The van der Waals surface area contributed by atoms with E-state index in [0.29, 0.717) is 32.3 Å². The van der Waals surface area contributed by atoms with Gasteiger partial charge in [-0.2, -0.15) is 10.2 Å². The van der Waals surface area contributed by atoms with Gasteiger partial charge in [-0.25, -0.2) is 4.98 Å². The molecule has 8 heteroatoms. The Balaban J connectivity index is 2.17. The topological polar surface area (TPSA) is 63.1 Å². The number of hydrazone groups is 1. The molecule has 1 aromatic carbocycles. The standard InChI is InChI=1S/C12H11Cl2N5S/c1-7(11-6-15-19-12(16-11)20-2)17-18-10-4-3-8(13)5-9(10)14/h3-6,18H,1-2H3/b17-7-. The van der Waals surface area contributed by atoms with Crippen LogP contribution >= 0.6 is 35.0 Å². The highest BCUT2D eigenvalue weighted by Crippen LogP contribution is 2.25. The minimum atomic E-state index is 0.500. The van der Waals surface area contributed by atoms with Gasteiger partial charge in [-0.1, -0.05) is 35.0 Å². The monoisotopic (exact) mass is 327 g/mol. The lowest BCUT2D eigenvalue weighted by molar-refractivity contribution is 0.833. The van der Waals surface area contributed by atoms with Gasteiger partial charge in [0.05, 0.1) is 22.6 Å². The van der Waals surface area contributed by atoms with Gasteiger partial charge in [-0.05, 0) is 31.4 Å². The molecule has 0 bridgehead atoms. The van der Waals surface area contributed by atoms with Gasteiger partial charge in [0.25, 0.3) is 0 Å². The molecule has 1 heterocycles. The second-order valence-corrected chi connectivity index (χ2v) is 5.38. The molecule has 0 unspecified atom stereocenters. The number of nitrogens with zero attached hydrogens (tertiary/aromatic N) is 4. The second-order valence-electron chi connectivity index (χ2n) is 3.76. The maximum atomic E-state index is 6.05. The Kier molecular flexibility index (Phi) is 5.17. The van der Waals surface area contributed by atoms with E-state index in [4.69, 9.17) is 23.2 Å². The summed E-state index contributed by atoms with van der Waals surface area (Å²) in [6.07, 6.45) is 3.45. The molecule has 2 aromatic rings. The Morgan fingerprint density at radius 1 is 1.35 bits per heavy atom. The number of halogens is 2. The minimum Gasteiger partial charge on any atom is -0.277 e. The quantitative estimate of drug-likeness (QED) is 0.526. The molecular formula is C12H11Cl2N5S. The van der Waals surface area contributed by atoms with Crippen molar-refractivity contribution in [2.75, 3.05) is 11.7 Å². The first-order valence-electron chi connectivity index (χ1n) is 5.59. The molecule has 0 aliphatic rings. The van der Waals surface area contributed by atoms with Crippen LogP contribution in [0.25, 0.3) is 0 Å². The highest BCUT2D eigenvalue weighted by atomic mass is 35.5. The summed E-state index contributed by atoms with van der Waals surface area (Å²) in [7, 11) is 0. The zero-order valence-corrected chi connectivity index (χ0v) is 13.1. The van der Waals surface area contributed by atoms with E-state index in [2.05, 4.69) is 25.7 Å². The van der Waals surface area contributed by atoms with Crippen molar-refractivity contribution in [3.05, 3.63) is 40.1 Å². The number of thioether (sulfide) groups is 1. The van der Waals surface area contributed by atoms with Crippen LogP contribution in [-0.4, -0.2) is 27.1 Å². The number of nitrogens with one attached hydrogen (secondary N) is 1. The summed E-state index contributed by atoms with van der Waals surface area (Å²) in [5.41, 5.74) is 4.88. The molecule has 0 spiro atoms. The number of benzene rings is 1. The maximum Gasteiger partial charge on any atom is 0.209 e. The van der Waals surface area contributed by atoms with E-state index < -0.39 is 0 Å². The second kappa shape index (κ2) is 6.88. The summed E-state index contributed by atoms with van der Waals surface area (Å²) < 4.78 is 0. The van der Waals surface area contributed by atoms with E-state index in [0.717, 1.165) is 0 Å². The Hall–Kier alpha value is -1.37. The first-order valence-corrected chi connectivity index (χ1v) is 7.57. The van der Waals surface area contributed by atoms with Crippen LogP contribution in [0.2, 0.25) is 10.0 Å². The number of hydrogen-bond acceptors (Lipinski definition) is 6. The molecule has 0 radical (unpaired) electrons. The van der Waals surface area contributed by atoms with Gasteiger partial charge in [0, 0.05) is 5.02 Å². The molecule has 0 atom stereocenters. The van der Waals surface area contributed by atoms with E-state index in [1.54, 1.807) is 24.4 Å². The predicted molar refractivity (Wildman–Crippen MR) is 83.9 cm³/mol. The van der Waals surface area contributed by atoms with E-state index in [9.17, 15) is 0 Å². The first-order chi connectivity index (χ1) is 9.60. The molecule has 0 saturated carbocycles. The van der Waals surface area contributed by atoms with Crippen LogP contribution in [0.15, 0.2) is 34.7 Å². The largest absolute Gasteiger partial charge is 0.277 e. The molecular weight excluding hydrogens is 317 g/mol. The summed E-state index contributed by atoms with van der Waals surface area (Å²) in [6.45, 7) is 1.82. The van der Waals surface area contributed by atoms with Gasteiger partial charge < -0.3 is 0 Å². The van der Waals surface area contributed by atoms with Crippen LogP contribution in [0.1, 0.15) is 12.6 Å². The van der Waals surface area contributed by atoms with E-state index in [1.165, 1.54) is 11.8 Å². The summed E-state index contributed by atoms with van der Waals surface area (Å²) >= 11 is 13.3. The Morgan fingerprint density at radius 3 is 2.85 bits per heavy atom. The fourth-order valence-electron chi connectivity index (χ4n) is 1.33. The molecule has 0 amide bonds. The lowest BCUT2D eigenvalue weighted by atomic mass is 10.3. The molecule has 0 saturated heterocycles. The third kappa shape index (κ3) is 3.82. The van der Waals surface area contributed by atoms with Crippen molar-refractivity contribution in [3.8, 4) is 0 Å². The van der Waals surface area contributed by atoms with Crippen molar-refractivity contribution >= 4 is 46.4 Å². The van der Waals surface area contributed by atoms with Gasteiger partial charge in [-0.3, -0.25) is 5.43 Å². The number of hydrogen-bond donors (Lipinski definition) is 1. The molecule has 5 nitrogen and oxygen atoms in total. The van der Waals surface area contributed by atoms with E-state index in [-0.39, 0.29) is 0 Å². The van der Waals surface area contributed by atoms with Gasteiger partial charge in [0.2, 0.25) is 5.16 Å². The fourth-order valence-corrected chi connectivity index (χ4v) is 2.10. The SMILES string of the molecule is CSc1nncc(/C(C)=N\Nc2ccc(Cl)cc2Cl)n1. The highest BCUT2D eigenvalue weighted by molar-refractivity contribution is 7.98. The zero-order chi connectivity index (χ0) is 14.5. The van der Waals surface area contributed by atoms with Crippen LogP contribution in [0, 0.1) is 0 Å². The Morgan fingerprint density at radius 2 is 2.15 bits per heavy atom. The van der Waals surface area contributed by atoms with Gasteiger partial charge in [0.15, 0.2) is 0 Å². The summed E-state index contributed by atoms with van der Waals surface area (Å²) in [4.78, 5) is 4.30. The molecule has 2 rings (SSSR count). The number of rotatable bonds is 4. The Bertz CT molecular complexity index is 647. The lowest BCUT2D eigenvalue weighted by Crippen LogP contribution is -2.05. The normalized spacial score (nSPS) is 11.5. The van der Waals surface area contributed by atoms with Crippen molar-refractivity contribution in [2.45, 2.75) is 12.1 Å². The highest BCUT2D eigenvalue weighted by Gasteiger charge is 2.04. The smallest absolute Gasteiger partial charge is 0.209 e. The number of anilines is 1.